The van der Waals surface area contributed by atoms with Crippen LogP contribution >= 0.6 is 0 Å². The number of carbonyl (C=O) groups is 2. The summed E-state index contributed by atoms with van der Waals surface area (Å²) in [7, 11) is 0. The van der Waals surface area contributed by atoms with Crippen molar-refractivity contribution in [3.8, 4) is 0 Å². The molecular formula is C12H20O4. The Morgan fingerprint density at radius 2 is 1.81 bits per heavy atom. The summed E-state index contributed by atoms with van der Waals surface area (Å²) in [5, 5.41) is 0. The largest absolute Gasteiger partial charge is 0.456 e. The van der Waals surface area contributed by atoms with Gasteiger partial charge in [-0.25, -0.2) is 4.79 Å². The van der Waals surface area contributed by atoms with Crippen LogP contribution in [-0.2, 0) is 19.1 Å². The molecule has 0 aliphatic carbocycles. The highest BCUT2D eigenvalue weighted by molar-refractivity contribution is 5.87. The molecule has 0 aromatic rings. The van der Waals surface area contributed by atoms with Crippen LogP contribution in [0.2, 0.25) is 0 Å². The molecule has 0 rings (SSSR count). The van der Waals surface area contributed by atoms with Crippen molar-refractivity contribution in [3.63, 3.8) is 0 Å². The molecular weight excluding hydrogens is 208 g/mol. The second-order valence-electron chi connectivity index (χ2n) is 4.28. The Kier molecular flexibility index (Phi) is 5.21. The molecule has 0 saturated heterocycles. The van der Waals surface area contributed by atoms with Crippen molar-refractivity contribution in [1.82, 2.24) is 0 Å². The Balaban J connectivity index is 4.65. The molecule has 0 N–H and O–H groups in total. The predicted molar refractivity (Wildman–Crippen MR) is 60.8 cm³/mol. The summed E-state index contributed by atoms with van der Waals surface area (Å²) in [6.45, 7) is 11.7. The van der Waals surface area contributed by atoms with Crippen molar-refractivity contribution in [1.29, 1.82) is 0 Å². The van der Waals surface area contributed by atoms with E-state index in [0.29, 0.717) is 12.0 Å². The van der Waals surface area contributed by atoms with E-state index in [1.54, 1.807) is 20.8 Å². The number of carbonyl (C=O) groups excluding carboxylic acids is 2. The molecule has 0 aliphatic heterocycles. The first-order valence-corrected chi connectivity index (χ1v) is 5.26. The van der Waals surface area contributed by atoms with E-state index in [0.717, 1.165) is 0 Å². The number of hydrogen-bond donors (Lipinski definition) is 0. The maximum absolute atomic E-state index is 11.4. The highest BCUT2D eigenvalue weighted by Gasteiger charge is 2.34. The molecule has 0 aromatic heterocycles. The zero-order valence-electron chi connectivity index (χ0n) is 10.6. The highest BCUT2D eigenvalue weighted by Crippen LogP contribution is 2.22. The molecule has 0 aliphatic rings. The molecule has 0 heterocycles. The number of esters is 2. The van der Waals surface area contributed by atoms with E-state index in [4.69, 9.17) is 9.47 Å². The summed E-state index contributed by atoms with van der Waals surface area (Å²) < 4.78 is 10.3. The van der Waals surface area contributed by atoms with Crippen LogP contribution in [0, 0.1) is 0 Å². The summed E-state index contributed by atoms with van der Waals surface area (Å²) in [4.78, 5) is 22.3. The molecule has 0 saturated carbocycles. The third kappa shape index (κ3) is 4.47. The summed E-state index contributed by atoms with van der Waals surface area (Å²) in [5.41, 5.74) is -0.497. The molecule has 4 heteroatoms. The first-order chi connectivity index (χ1) is 7.20. The predicted octanol–water partition coefficient (Wildman–Crippen LogP) is 2.23. The first kappa shape index (κ1) is 14.7. The van der Waals surface area contributed by atoms with Gasteiger partial charge in [0.2, 0.25) is 0 Å². The van der Waals surface area contributed by atoms with Crippen LogP contribution in [0.1, 0.15) is 41.0 Å². The van der Waals surface area contributed by atoms with Crippen molar-refractivity contribution in [2.75, 3.05) is 0 Å². The minimum atomic E-state index is -0.828. The summed E-state index contributed by atoms with van der Waals surface area (Å²) in [6.07, 6.45) is 0.0971. The fourth-order valence-electron chi connectivity index (χ4n) is 1.38. The van der Waals surface area contributed by atoms with Crippen molar-refractivity contribution in [2.45, 2.75) is 52.7 Å². The van der Waals surface area contributed by atoms with Gasteiger partial charge in [-0.1, -0.05) is 13.5 Å². The van der Waals surface area contributed by atoms with E-state index in [9.17, 15) is 9.59 Å². The minimum absolute atomic E-state index is 0.331. The van der Waals surface area contributed by atoms with Crippen molar-refractivity contribution >= 4 is 11.9 Å². The topological polar surface area (TPSA) is 52.6 Å². The molecule has 1 unspecified atom stereocenters. The fourth-order valence-corrected chi connectivity index (χ4v) is 1.38. The lowest BCUT2D eigenvalue weighted by atomic mass is 9.99. The second-order valence-corrected chi connectivity index (χ2v) is 4.28. The molecule has 92 valence electrons. The van der Waals surface area contributed by atoms with Crippen LogP contribution in [0.3, 0.4) is 0 Å². The average Bonchev–Trinajstić information content (AvgIpc) is 2.10. The van der Waals surface area contributed by atoms with Gasteiger partial charge in [0, 0.05) is 12.5 Å². The lowest BCUT2D eigenvalue weighted by Crippen LogP contribution is -2.43. The first-order valence-electron chi connectivity index (χ1n) is 5.26. The zero-order valence-corrected chi connectivity index (χ0v) is 10.6. The Morgan fingerprint density at radius 3 is 2.12 bits per heavy atom. The van der Waals surface area contributed by atoms with Crippen LogP contribution in [0.5, 0.6) is 0 Å². The molecule has 0 spiro atoms. The van der Waals surface area contributed by atoms with Crippen LogP contribution in [0.25, 0.3) is 0 Å². The van der Waals surface area contributed by atoms with Crippen molar-refractivity contribution < 1.29 is 19.1 Å². The van der Waals surface area contributed by atoms with E-state index >= 15 is 0 Å². The zero-order chi connectivity index (χ0) is 12.9. The van der Waals surface area contributed by atoms with Gasteiger partial charge in [-0.15, -0.1) is 0 Å². The third-order valence-electron chi connectivity index (χ3n) is 2.15. The van der Waals surface area contributed by atoms with Crippen LogP contribution < -0.4 is 0 Å². The minimum Gasteiger partial charge on any atom is -0.456 e. The second kappa shape index (κ2) is 5.68. The normalized spacial score (nSPS) is 12.8. The third-order valence-corrected chi connectivity index (χ3v) is 2.15. The van der Waals surface area contributed by atoms with Gasteiger partial charge in [0.1, 0.15) is 11.7 Å². The standard InChI is InChI=1S/C12H20O4/c1-7-10(15-11(14)8(2)3)12(5,6)16-9(4)13/h10H,2,7H2,1,3-6H3. The number of hydrogen-bond acceptors (Lipinski definition) is 4. The van der Waals surface area contributed by atoms with Crippen LogP contribution in [0.15, 0.2) is 12.2 Å². The smallest absolute Gasteiger partial charge is 0.333 e. The van der Waals surface area contributed by atoms with Gasteiger partial charge < -0.3 is 9.47 Å². The quantitative estimate of drug-likeness (QED) is 0.535. The summed E-state index contributed by atoms with van der Waals surface area (Å²) in [5.74, 6) is -0.859. The Hall–Kier alpha value is -1.32. The van der Waals surface area contributed by atoms with Gasteiger partial charge in [-0.3, -0.25) is 4.79 Å². The molecule has 0 aromatic carbocycles. The van der Waals surface area contributed by atoms with Gasteiger partial charge in [-0.05, 0) is 27.2 Å². The average molecular weight is 228 g/mol. The van der Waals surface area contributed by atoms with E-state index < -0.39 is 23.6 Å². The molecule has 0 fully saturated rings. The molecule has 16 heavy (non-hydrogen) atoms. The monoisotopic (exact) mass is 228 g/mol. The van der Waals surface area contributed by atoms with E-state index in [2.05, 4.69) is 6.58 Å². The molecule has 0 amide bonds. The molecule has 1 atom stereocenters. The summed E-state index contributed by atoms with van der Waals surface area (Å²) >= 11 is 0. The van der Waals surface area contributed by atoms with E-state index in [1.165, 1.54) is 6.92 Å². The Bertz CT molecular complexity index is 291. The van der Waals surface area contributed by atoms with Gasteiger partial charge >= 0.3 is 11.9 Å². The molecule has 0 radical (unpaired) electrons. The highest BCUT2D eigenvalue weighted by atomic mass is 16.6. The van der Waals surface area contributed by atoms with E-state index in [1.807, 2.05) is 6.92 Å². The SMILES string of the molecule is C=C(C)C(=O)OC(CC)C(C)(C)OC(C)=O. The Labute approximate surface area is 96.6 Å². The lowest BCUT2D eigenvalue weighted by Gasteiger charge is -2.32. The van der Waals surface area contributed by atoms with Gasteiger partial charge in [-0.2, -0.15) is 0 Å². The van der Waals surface area contributed by atoms with Crippen LogP contribution in [0.4, 0.5) is 0 Å². The van der Waals surface area contributed by atoms with Gasteiger partial charge in [0.05, 0.1) is 0 Å². The van der Waals surface area contributed by atoms with Gasteiger partial charge in [0.15, 0.2) is 0 Å². The van der Waals surface area contributed by atoms with Crippen molar-refractivity contribution in [2.24, 2.45) is 0 Å². The van der Waals surface area contributed by atoms with E-state index in [-0.39, 0.29) is 0 Å². The number of ether oxygens (including phenoxy) is 2. The molecule has 4 nitrogen and oxygen atoms in total. The van der Waals surface area contributed by atoms with Crippen LogP contribution in [-0.4, -0.2) is 23.6 Å². The van der Waals surface area contributed by atoms with Crippen molar-refractivity contribution in [3.05, 3.63) is 12.2 Å². The maximum atomic E-state index is 11.4. The molecule has 0 bridgehead atoms. The summed E-state index contributed by atoms with van der Waals surface area (Å²) in [6, 6.07) is 0. The number of rotatable bonds is 5. The fraction of sp³-hybridized carbons (Fsp3) is 0.667. The van der Waals surface area contributed by atoms with Gasteiger partial charge in [0.25, 0.3) is 0 Å². The maximum Gasteiger partial charge on any atom is 0.333 e. The Morgan fingerprint density at radius 1 is 1.31 bits per heavy atom. The lowest BCUT2D eigenvalue weighted by molar-refractivity contribution is -0.177.